The molecule has 116 valence electrons. The van der Waals surface area contributed by atoms with Crippen LogP contribution in [-0.2, 0) is 4.79 Å². The van der Waals surface area contributed by atoms with Gasteiger partial charge >= 0.3 is 5.97 Å². The summed E-state index contributed by atoms with van der Waals surface area (Å²) < 4.78 is 5.25. The highest BCUT2D eigenvalue weighted by atomic mass is 16.5. The van der Waals surface area contributed by atoms with E-state index in [1.807, 2.05) is 0 Å². The molecule has 1 heterocycles. The Morgan fingerprint density at radius 2 is 1.61 bits per heavy atom. The number of hydrogen-bond acceptors (Lipinski definition) is 4. The Morgan fingerprint density at radius 3 is 2.17 bits per heavy atom. The average molecular weight is 309 g/mol. The van der Waals surface area contributed by atoms with Crippen molar-refractivity contribution in [2.75, 3.05) is 4.90 Å². The lowest BCUT2D eigenvalue weighted by Crippen LogP contribution is -2.30. The van der Waals surface area contributed by atoms with Crippen molar-refractivity contribution in [3.8, 4) is 5.75 Å². The summed E-state index contributed by atoms with van der Waals surface area (Å²) in [5, 5.41) is 0. The molecular weight excluding hydrogens is 294 g/mol. The van der Waals surface area contributed by atoms with Crippen molar-refractivity contribution in [3.05, 3.63) is 59.2 Å². The Bertz CT molecular complexity index is 791. The van der Waals surface area contributed by atoms with Gasteiger partial charge in [0.25, 0.3) is 11.8 Å². The molecule has 0 unspecified atom stereocenters. The Labute approximate surface area is 133 Å². The quantitative estimate of drug-likeness (QED) is 0.496. The number of carbonyl (C=O) groups is 3. The number of imide groups is 1. The molecule has 23 heavy (non-hydrogen) atoms. The lowest BCUT2D eigenvalue weighted by molar-refractivity contribution is -0.134. The van der Waals surface area contributed by atoms with Crippen molar-refractivity contribution in [2.45, 2.75) is 20.3 Å². The molecule has 0 fully saturated rings. The van der Waals surface area contributed by atoms with E-state index in [1.165, 1.54) is 0 Å². The summed E-state index contributed by atoms with van der Waals surface area (Å²) in [7, 11) is 0. The zero-order chi connectivity index (χ0) is 16.6. The minimum absolute atomic E-state index is 0.247. The highest BCUT2D eigenvalue weighted by Gasteiger charge is 2.37. The van der Waals surface area contributed by atoms with Gasteiger partial charge in [-0.3, -0.25) is 14.4 Å². The first kappa shape index (κ1) is 15.0. The third-order valence-electron chi connectivity index (χ3n) is 3.80. The molecule has 1 aliphatic rings. The van der Waals surface area contributed by atoms with Crippen LogP contribution in [0.1, 0.15) is 39.6 Å². The number of rotatable bonds is 3. The van der Waals surface area contributed by atoms with Gasteiger partial charge in [-0.25, -0.2) is 4.90 Å². The smallest absolute Gasteiger partial charge is 0.310 e. The Balaban J connectivity index is 2.04. The molecule has 0 bridgehead atoms. The van der Waals surface area contributed by atoms with E-state index < -0.39 is 0 Å². The van der Waals surface area contributed by atoms with Crippen LogP contribution in [0.15, 0.2) is 42.5 Å². The van der Waals surface area contributed by atoms with Crippen LogP contribution in [0.2, 0.25) is 0 Å². The van der Waals surface area contributed by atoms with Crippen LogP contribution < -0.4 is 9.64 Å². The normalized spacial score (nSPS) is 13.2. The van der Waals surface area contributed by atoms with Gasteiger partial charge in [-0.1, -0.05) is 25.1 Å². The van der Waals surface area contributed by atoms with E-state index in [1.54, 1.807) is 56.3 Å². The second-order valence-electron chi connectivity index (χ2n) is 5.22. The maximum atomic E-state index is 12.5. The molecule has 0 N–H and O–H groups in total. The van der Waals surface area contributed by atoms with Crippen molar-refractivity contribution < 1.29 is 19.1 Å². The van der Waals surface area contributed by atoms with Crippen LogP contribution in [0, 0.1) is 6.92 Å². The monoisotopic (exact) mass is 309 g/mol. The number of benzene rings is 2. The Kier molecular flexibility index (Phi) is 3.70. The van der Waals surface area contributed by atoms with Crippen molar-refractivity contribution >= 4 is 23.5 Å². The minimum Gasteiger partial charge on any atom is -0.426 e. The fourth-order valence-corrected chi connectivity index (χ4v) is 2.56. The van der Waals surface area contributed by atoms with Crippen molar-refractivity contribution in [1.29, 1.82) is 0 Å². The second kappa shape index (κ2) is 5.68. The number of fused-ring (bicyclic) bond motifs is 1. The lowest BCUT2D eigenvalue weighted by Gasteiger charge is -2.18. The summed E-state index contributed by atoms with van der Waals surface area (Å²) in [6.45, 7) is 3.42. The van der Waals surface area contributed by atoms with Gasteiger partial charge in [-0.15, -0.1) is 0 Å². The van der Waals surface area contributed by atoms with Crippen molar-refractivity contribution in [2.24, 2.45) is 0 Å². The van der Waals surface area contributed by atoms with Crippen LogP contribution in [0.5, 0.6) is 5.75 Å². The molecule has 0 radical (unpaired) electrons. The van der Waals surface area contributed by atoms with Crippen LogP contribution in [0.25, 0.3) is 0 Å². The number of nitrogens with zero attached hydrogens (tertiary/aromatic N) is 1. The first-order valence-electron chi connectivity index (χ1n) is 7.32. The third kappa shape index (κ3) is 2.40. The zero-order valence-electron chi connectivity index (χ0n) is 12.8. The van der Waals surface area contributed by atoms with Gasteiger partial charge < -0.3 is 4.74 Å². The van der Waals surface area contributed by atoms with Gasteiger partial charge in [-0.05, 0) is 31.2 Å². The van der Waals surface area contributed by atoms with E-state index in [9.17, 15) is 14.4 Å². The van der Waals surface area contributed by atoms with E-state index in [2.05, 4.69) is 0 Å². The average Bonchev–Trinajstić information content (AvgIpc) is 2.81. The molecule has 5 heteroatoms. The zero-order valence-corrected chi connectivity index (χ0v) is 12.8. The summed E-state index contributed by atoms with van der Waals surface area (Å²) in [5.41, 5.74) is 1.77. The molecule has 2 aromatic rings. The number of carbonyl (C=O) groups excluding carboxylic acids is 3. The van der Waals surface area contributed by atoms with Gasteiger partial charge in [0.05, 0.1) is 16.8 Å². The van der Waals surface area contributed by atoms with Gasteiger partial charge in [0.15, 0.2) is 0 Å². The van der Waals surface area contributed by atoms with E-state index in [4.69, 9.17) is 4.74 Å². The first-order chi connectivity index (χ1) is 11.0. The molecule has 2 amide bonds. The molecular formula is C18H15NO4. The van der Waals surface area contributed by atoms with Crippen LogP contribution in [0.3, 0.4) is 0 Å². The predicted molar refractivity (Wildman–Crippen MR) is 84.7 cm³/mol. The number of amides is 2. The highest BCUT2D eigenvalue weighted by molar-refractivity contribution is 6.34. The fraction of sp³-hybridized carbons (Fsp3) is 0.167. The van der Waals surface area contributed by atoms with Gasteiger partial charge in [0, 0.05) is 12.0 Å². The number of hydrogen-bond donors (Lipinski definition) is 0. The topological polar surface area (TPSA) is 63.7 Å². The molecule has 0 saturated heterocycles. The number of esters is 1. The van der Waals surface area contributed by atoms with Gasteiger partial charge in [-0.2, -0.15) is 0 Å². The molecule has 0 atom stereocenters. The largest absolute Gasteiger partial charge is 0.426 e. The summed E-state index contributed by atoms with van der Waals surface area (Å²) in [5.74, 6) is -0.751. The van der Waals surface area contributed by atoms with E-state index in [-0.39, 0.29) is 24.2 Å². The summed E-state index contributed by atoms with van der Waals surface area (Å²) in [6.07, 6.45) is 0.247. The Morgan fingerprint density at radius 1 is 1.00 bits per heavy atom. The van der Waals surface area contributed by atoms with Gasteiger partial charge in [0.1, 0.15) is 5.75 Å². The molecule has 0 saturated carbocycles. The van der Waals surface area contributed by atoms with E-state index >= 15 is 0 Å². The summed E-state index contributed by atoms with van der Waals surface area (Å²) in [6, 6.07) is 11.7. The van der Waals surface area contributed by atoms with Crippen molar-refractivity contribution in [3.63, 3.8) is 0 Å². The Hall–Kier alpha value is -2.95. The summed E-state index contributed by atoms with van der Waals surface area (Å²) in [4.78, 5) is 37.7. The molecule has 0 spiro atoms. The maximum Gasteiger partial charge on any atom is 0.310 e. The molecule has 2 aromatic carbocycles. The van der Waals surface area contributed by atoms with E-state index in [0.29, 0.717) is 28.1 Å². The van der Waals surface area contributed by atoms with Gasteiger partial charge in [0.2, 0.25) is 0 Å². The SMILES string of the molecule is CCC(=O)Oc1cccc(N2C(=O)c3ccccc3C2=O)c1C. The predicted octanol–water partition coefficient (Wildman–Crippen LogP) is 3.11. The lowest BCUT2D eigenvalue weighted by atomic mass is 10.1. The minimum atomic E-state index is -0.368. The molecule has 1 aliphatic heterocycles. The maximum absolute atomic E-state index is 12.5. The molecule has 5 nitrogen and oxygen atoms in total. The number of ether oxygens (including phenoxy) is 1. The van der Waals surface area contributed by atoms with Crippen LogP contribution in [0.4, 0.5) is 5.69 Å². The second-order valence-corrected chi connectivity index (χ2v) is 5.22. The summed E-state index contributed by atoms with van der Waals surface area (Å²) >= 11 is 0. The highest BCUT2D eigenvalue weighted by Crippen LogP contribution is 2.34. The van der Waals surface area contributed by atoms with Crippen molar-refractivity contribution in [1.82, 2.24) is 0 Å². The van der Waals surface area contributed by atoms with E-state index in [0.717, 1.165) is 4.90 Å². The van der Waals surface area contributed by atoms with Crippen LogP contribution in [-0.4, -0.2) is 17.8 Å². The molecule has 3 rings (SSSR count). The standard InChI is InChI=1S/C18H15NO4/c1-3-16(20)23-15-10-6-9-14(11(15)2)19-17(21)12-7-4-5-8-13(12)18(19)22/h4-10H,3H2,1-2H3. The molecule has 0 aromatic heterocycles. The first-order valence-corrected chi connectivity index (χ1v) is 7.32. The number of anilines is 1. The fourth-order valence-electron chi connectivity index (χ4n) is 2.56. The molecule has 0 aliphatic carbocycles. The third-order valence-corrected chi connectivity index (χ3v) is 3.80. The van der Waals surface area contributed by atoms with Crippen LogP contribution >= 0.6 is 0 Å².